The van der Waals surface area contributed by atoms with Crippen LogP contribution in [0.3, 0.4) is 0 Å². The molecule has 1 rings (SSSR count). The van der Waals surface area contributed by atoms with Crippen LogP contribution in [0.2, 0.25) is 0 Å². The fraction of sp³-hybridized carbons (Fsp3) is 0.750. The minimum Gasteiger partial charge on any atom is -0.444 e. The lowest BCUT2D eigenvalue weighted by molar-refractivity contribution is 0.0477. The highest BCUT2D eigenvalue weighted by molar-refractivity contribution is 9.10. The zero-order valence-electron chi connectivity index (χ0n) is 14.9. The number of carbonyl (C=O) groups is 1. The van der Waals surface area contributed by atoms with Crippen molar-refractivity contribution in [2.45, 2.75) is 53.1 Å². The van der Waals surface area contributed by atoms with Crippen molar-refractivity contribution in [1.82, 2.24) is 15.1 Å². The van der Waals surface area contributed by atoms with Crippen LogP contribution >= 0.6 is 15.9 Å². The summed E-state index contributed by atoms with van der Waals surface area (Å²) in [5.41, 5.74) is 0.950. The van der Waals surface area contributed by atoms with Crippen molar-refractivity contribution in [1.29, 1.82) is 0 Å². The lowest BCUT2D eigenvalue weighted by Crippen LogP contribution is -2.42. The molecule has 1 unspecified atom stereocenters. The van der Waals surface area contributed by atoms with E-state index in [1.807, 2.05) is 46.3 Å². The highest BCUT2D eigenvalue weighted by Gasteiger charge is 2.29. The van der Waals surface area contributed by atoms with Gasteiger partial charge in [0.2, 0.25) is 0 Å². The SMILES string of the molecule is CCc1nn(C)c(CC(C)(CO)CNC(=O)OC(C)(C)C)c1Br. The molecular formula is C16H28BrN3O3. The zero-order valence-corrected chi connectivity index (χ0v) is 16.5. The molecule has 1 amide bonds. The van der Waals surface area contributed by atoms with Gasteiger partial charge in [0.05, 0.1) is 22.5 Å². The van der Waals surface area contributed by atoms with Crippen LogP contribution in [0.25, 0.3) is 0 Å². The molecule has 1 aromatic heterocycles. The molecule has 2 N–H and O–H groups in total. The maximum atomic E-state index is 11.8. The van der Waals surface area contributed by atoms with Crippen molar-refractivity contribution in [2.24, 2.45) is 12.5 Å². The summed E-state index contributed by atoms with van der Waals surface area (Å²) in [6.07, 6.45) is 0.944. The molecule has 0 bridgehead atoms. The number of aryl methyl sites for hydroxylation is 2. The predicted octanol–water partition coefficient (Wildman–Crippen LogP) is 2.81. The average molecular weight is 390 g/mol. The van der Waals surface area contributed by atoms with Crippen molar-refractivity contribution >= 4 is 22.0 Å². The molecular weight excluding hydrogens is 362 g/mol. The Balaban J connectivity index is 2.78. The minimum atomic E-state index is -0.541. The van der Waals surface area contributed by atoms with Crippen LogP contribution in [0.1, 0.15) is 46.0 Å². The summed E-state index contributed by atoms with van der Waals surface area (Å²) >= 11 is 3.59. The second-order valence-corrected chi connectivity index (χ2v) is 7.98. The first-order chi connectivity index (χ1) is 10.5. The normalized spacial score (nSPS) is 14.4. The summed E-state index contributed by atoms with van der Waals surface area (Å²) in [6.45, 7) is 9.69. The second kappa shape index (κ2) is 7.66. The Kier molecular flexibility index (Phi) is 6.65. The Morgan fingerprint density at radius 3 is 2.43 bits per heavy atom. The minimum absolute atomic E-state index is 0.0537. The smallest absolute Gasteiger partial charge is 0.407 e. The van der Waals surface area contributed by atoms with Gasteiger partial charge in [0.25, 0.3) is 0 Å². The van der Waals surface area contributed by atoms with E-state index in [4.69, 9.17) is 4.74 Å². The zero-order chi connectivity index (χ0) is 17.8. The number of aromatic nitrogens is 2. The molecule has 1 atom stereocenters. The van der Waals surface area contributed by atoms with E-state index in [9.17, 15) is 9.90 Å². The van der Waals surface area contributed by atoms with Crippen LogP contribution in [0.4, 0.5) is 4.79 Å². The van der Waals surface area contributed by atoms with Gasteiger partial charge in [-0.15, -0.1) is 0 Å². The van der Waals surface area contributed by atoms with Gasteiger partial charge in [0, 0.05) is 19.0 Å². The summed E-state index contributed by atoms with van der Waals surface area (Å²) in [7, 11) is 1.89. The van der Waals surface area contributed by atoms with E-state index in [0.717, 1.165) is 22.3 Å². The van der Waals surface area contributed by atoms with Crippen LogP contribution in [0.5, 0.6) is 0 Å². The molecule has 1 heterocycles. The highest BCUT2D eigenvalue weighted by Crippen LogP contribution is 2.29. The van der Waals surface area contributed by atoms with Gasteiger partial charge < -0.3 is 15.2 Å². The third kappa shape index (κ3) is 5.80. The molecule has 0 fully saturated rings. The Bertz CT molecular complexity index is 552. The van der Waals surface area contributed by atoms with E-state index in [1.165, 1.54) is 0 Å². The number of alkyl carbamates (subject to hydrolysis) is 1. The summed E-state index contributed by atoms with van der Waals surface area (Å²) in [6, 6.07) is 0. The maximum Gasteiger partial charge on any atom is 0.407 e. The van der Waals surface area contributed by atoms with E-state index in [-0.39, 0.29) is 6.61 Å². The standard InChI is InChI=1S/C16H28BrN3O3/c1-7-11-13(17)12(20(6)19-11)8-16(5,10-21)9-18-14(22)23-15(2,3)4/h21H,7-10H2,1-6H3,(H,18,22). The third-order valence-electron chi connectivity index (χ3n) is 3.54. The molecule has 0 saturated carbocycles. The Morgan fingerprint density at radius 1 is 1.39 bits per heavy atom. The molecule has 0 radical (unpaired) electrons. The van der Waals surface area contributed by atoms with Crippen molar-refractivity contribution in [3.63, 3.8) is 0 Å². The first-order valence-electron chi connectivity index (χ1n) is 7.79. The number of aliphatic hydroxyl groups is 1. The predicted molar refractivity (Wildman–Crippen MR) is 93.4 cm³/mol. The average Bonchev–Trinajstić information content (AvgIpc) is 2.71. The van der Waals surface area contributed by atoms with Crippen molar-refractivity contribution < 1.29 is 14.6 Å². The molecule has 132 valence electrons. The number of hydrogen-bond acceptors (Lipinski definition) is 4. The highest BCUT2D eigenvalue weighted by atomic mass is 79.9. The largest absolute Gasteiger partial charge is 0.444 e. The first-order valence-corrected chi connectivity index (χ1v) is 8.58. The maximum absolute atomic E-state index is 11.8. The lowest BCUT2D eigenvalue weighted by atomic mass is 9.86. The summed E-state index contributed by atoms with van der Waals surface area (Å²) < 4.78 is 8.03. The summed E-state index contributed by atoms with van der Waals surface area (Å²) in [4.78, 5) is 11.8. The van der Waals surface area contributed by atoms with Gasteiger partial charge in [-0.2, -0.15) is 5.10 Å². The topological polar surface area (TPSA) is 76.4 Å². The number of ether oxygens (including phenoxy) is 1. The van der Waals surface area contributed by atoms with Crippen molar-refractivity contribution in [2.75, 3.05) is 13.2 Å². The van der Waals surface area contributed by atoms with Gasteiger partial charge in [-0.25, -0.2) is 4.79 Å². The third-order valence-corrected chi connectivity index (χ3v) is 4.45. The molecule has 1 aromatic rings. The number of amides is 1. The first kappa shape index (κ1) is 20.0. The summed E-state index contributed by atoms with van der Waals surface area (Å²) in [5.74, 6) is 0. The number of halogens is 1. The van der Waals surface area contributed by atoms with E-state index in [2.05, 4.69) is 26.3 Å². The van der Waals surface area contributed by atoms with E-state index in [1.54, 1.807) is 0 Å². The molecule has 0 saturated heterocycles. The van der Waals surface area contributed by atoms with Crippen LogP contribution in [-0.2, 0) is 24.6 Å². The van der Waals surface area contributed by atoms with Gasteiger partial charge in [-0.3, -0.25) is 4.68 Å². The Morgan fingerprint density at radius 2 is 2.00 bits per heavy atom. The number of nitrogens with one attached hydrogen (secondary N) is 1. The van der Waals surface area contributed by atoms with Gasteiger partial charge in [-0.05, 0) is 49.5 Å². The van der Waals surface area contributed by atoms with Crippen LogP contribution in [0, 0.1) is 5.41 Å². The lowest BCUT2D eigenvalue weighted by Gasteiger charge is -2.28. The molecule has 0 aliphatic heterocycles. The quantitative estimate of drug-likeness (QED) is 0.783. The Hall–Kier alpha value is -1.08. The van der Waals surface area contributed by atoms with Gasteiger partial charge in [0.15, 0.2) is 0 Å². The number of aliphatic hydroxyl groups excluding tert-OH is 1. The van der Waals surface area contributed by atoms with E-state index in [0.29, 0.717) is 13.0 Å². The monoisotopic (exact) mass is 389 g/mol. The fourth-order valence-corrected chi connectivity index (χ4v) is 2.95. The van der Waals surface area contributed by atoms with Gasteiger partial charge in [0.1, 0.15) is 5.60 Å². The van der Waals surface area contributed by atoms with Gasteiger partial charge >= 0.3 is 6.09 Å². The molecule has 0 aromatic carbocycles. The fourth-order valence-electron chi connectivity index (χ4n) is 2.19. The number of rotatable bonds is 6. The second-order valence-electron chi connectivity index (χ2n) is 7.19. The molecule has 23 heavy (non-hydrogen) atoms. The van der Waals surface area contributed by atoms with E-state index < -0.39 is 17.1 Å². The van der Waals surface area contributed by atoms with Crippen LogP contribution in [0.15, 0.2) is 4.47 Å². The molecule has 0 aliphatic rings. The van der Waals surface area contributed by atoms with Crippen LogP contribution < -0.4 is 5.32 Å². The van der Waals surface area contributed by atoms with E-state index >= 15 is 0 Å². The Labute approximate surface area is 146 Å². The van der Waals surface area contributed by atoms with Crippen molar-refractivity contribution in [3.8, 4) is 0 Å². The van der Waals surface area contributed by atoms with Gasteiger partial charge in [-0.1, -0.05) is 13.8 Å². The molecule has 0 spiro atoms. The number of nitrogens with zero attached hydrogens (tertiary/aromatic N) is 2. The molecule has 7 heteroatoms. The molecule has 0 aliphatic carbocycles. The number of carbonyl (C=O) groups excluding carboxylic acids is 1. The number of hydrogen-bond donors (Lipinski definition) is 2. The van der Waals surface area contributed by atoms with Crippen LogP contribution in [-0.4, -0.2) is 39.7 Å². The summed E-state index contributed by atoms with van der Waals surface area (Å²) in [5, 5.41) is 17.0. The molecule has 6 nitrogen and oxygen atoms in total. The van der Waals surface area contributed by atoms with Crippen molar-refractivity contribution in [3.05, 3.63) is 15.9 Å².